The van der Waals surface area contributed by atoms with Gasteiger partial charge in [-0.3, -0.25) is 18.7 Å². The molecule has 0 aliphatic carbocycles. The van der Waals surface area contributed by atoms with Crippen LogP contribution >= 0.6 is 0 Å². The van der Waals surface area contributed by atoms with Gasteiger partial charge in [-0.15, -0.1) is 10.2 Å². The number of hydrogen-bond donors (Lipinski definition) is 1. The van der Waals surface area contributed by atoms with Crippen molar-refractivity contribution >= 4 is 22.9 Å². The minimum absolute atomic E-state index is 0. The third-order valence-corrected chi connectivity index (χ3v) is 5.03. The number of fused-ring (bicyclic) bond motifs is 1. The van der Waals surface area contributed by atoms with E-state index in [-0.39, 0.29) is 30.2 Å². The molecule has 0 aliphatic rings. The van der Waals surface area contributed by atoms with Crippen molar-refractivity contribution in [1.29, 1.82) is 0 Å². The summed E-state index contributed by atoms with van der Waals surface area (Å²) in [4.78, 5) is 41.5. The van der Waals surface area contributed by atoms with Crippen LogP contribution in [-0.2, 0) is 18.9 Å². The first-order chi connectivity index (χ1) is 14.8. The first kappa shape index (κ1) is 22.5. The van der Waals surface area contributed by atoms with Gasteiger partial charge in [0.1, 0.15) is 11.9 Å². The largest absolute Gasteiger partial charge is 0.332 e. The molecule has 1 atom stereocenters. The number of nitrogens with zero attached hydrogens (tertiary/aromatic N) is 6. The lowest BCUT2D eigenvalue weighted by atomic mass is 10.1. The summed E-state index contributed by atoms with van der Waals surface area (Å²) in [6.07, 6.45) is 1.35. The smallest absolute Gasteiger partial charge is 0.312 e. The van der Waals surface area contributed by atoms with Crippen molar-refractivity contribution in [3.63, 3.8) is 0 Å². The summed E-state index contributed by atoms with van der Waals surface area (Å²) in [6, 6.07) is 8.22. The van der Waals surface area contributed by atoms with E-state index in [0.717, 1.165) is 4.57 Å². The quantitative estimate of drug-likeness (QED) is 0.519. The van der Waals surface area contributed by atoms with Gasteiger partial charge in [0.2, 0.25) is 5.91 Å². The fourth-order valence-corrected chi connectivity index (χ4v) is 3.19. The number of hydrogen-bond acceptors (Lipinski definition) is 6. The number of anilines is 1. The number of halogens is 1. The lowest BCUT2D eigenvalue weighted by molar-refractivity contribution is -0.118. The molecule has 32 heavy (non-hydrogen) atoms. The molecule has 1 amide bonds. The zero-order chi connectivity index (χ0) is 22.3. The van der Waals surface area contributed by atoms with Crippen molar-refractivity contribution in [2.24, 2.45) is 14.1 Å². The summed E-state index contributed by atoms with van der Waals surface area (Å²) < 4.78 is 16.7. The molecule has 0 saturated carbocycles. The van der Waals surface area contributed by atoms with E-state index in [4.69, 9.17) is 0 Å². The Morgan fingerprint density at radius 3 is 2.34 bits per heavy atom. The number of imidazole rings is 1. The summed E-state index contributed by atoms with van der Waals surface area (Å²) in [5, 5.41) is 10.7. The fraction of sp³-hybridized carbons (Fsp3) is 0.238. The van der Waals surface area contributed by atoms with E-state index < -0.39 is 23.2 Å². The Hall–Kier alpha value is -4.15. The Balaban J connectivity index is 0.00000289. The van der Waals surface area contributed by atoms with Crippen molar-refractivity contribution in [3.8, 4) is 11.3 Å². The standard InChI is InChI=1S/C20H18FN7O3.CH4/c1-11(28-10-22-17-16(28)19(30)27(3)20(31)26(17)2)18(29)23-15-9-8-14(24-25-15)12-4-6-13(21)7-5-12;/h4-11H,1-3H3,(H,23,25,29);1H4. The number of rotatable bonds is 4. The maximum Gasteiger partial charge on any atom is 0.332 e. The highest BCUT2D eigenvalue weighted by Crippen LogP contribution is 2.19. The fourth-order valence-electron chi connectivity index (χ4n) is 3.19. The molecule has 0 saturated heterocycles. The van der Waals surface area contributed by atoms with Gasteiger partial charge < -0.3 is 9.88 Å². The average Bonchev–Trinajstić information content (AvgIpc) is 3.22. The Labute approximate surface area is 182 Å². The van der Waals surface area contributed by atoms with Gasteiger partial charge in [0.25, 0.3) is 5.56 Å². The number of amides is 1. The number of aromatic nitrogens is 6. The second-order valence-corrected chi connectivity index (χ2v) is 7.01. The van der Waals surface area contributed by atoms with Gasteiger partial charge in [0.05, 0.1) is 12.0 Å². The molecule has 166 valence electrons. The van der Waals surface area contributed by atoms with E-state index in [2.05, 4.69) is 20.5 Å². The first-order valence-corrected chi connectivity index (χ1v) is 9.31. The molecule has 0 fully saturated rings. The average molecular weight is 439 g/mol. The van der Waals surface area contributed by atoms with Crippen LogP contribution < -0.4 is 16.6 Å². The van der Waals surface area contributed by atoms with Crippen LogP contribution in [0.3, 0.4) is 0 Å². The molecule has 3 aromatic heterocycles. The Morgan fingerprint density at radius 1 is 1.03 bits per heavy atom. The number of carbonyl (C=O) groups is 1. The topological polar surface area (TPSA) is 117 Å². The molecule has 11 heteroatoms. The van der Waals surface area contributed by atoms with Gasteiger partial charge in [-0.1, -0.05) is 7.43 Å². The lowest BCUT2D eigenvalue weighted by Crippen LogP contribution is -2.38. The van der Waals surface area contributed by atoms with Crippen LogP contribution in [0.25, 0.3) is 22.4 Å². The van der Waals surface area contributed by atoms with Crippen molar-refractivity contribution in [3.05, 3.63) is 69.4 Å². The second-order valence-electron chi connectivity index (χ2n) is 7.01. The third-order valence-electron chi connectivity index (χ3n) is 5.03. The molecule has 0 bridgehead atoms. The Bertz CT molecular complexity index is 1400. The minimum atomic E-state index is -0.811. The second kappa shape index (κ2) is 8.53. The number of aryl methyl sites for hydroxylation is 1. The van der Waals surface area contributed by atoms with E-state index in [1.54, 1.807) is 31.2 Å². The van der Waals surface area contributed by atoms with Crippen LogP contribution in [-0.4, -0.2) is 34.8 Å². The maximum atomic E-state index is 13.1. The number of carbonyl (C=O) groups excluding carboxylic acids is 1. The molecule has 4 rings (SSSR count). The van der Waals surface area contributed by atoms with E-state index >= 15 is 0 Å². The summed E-state index contributed by atoms with van der Waals surface area (Å²) >= 11 is 0. The first-order valence-electron chi connectivity index (χ1n) is 9.31. The van der Waals surface area contributed by atoms with Crippen LogP contribution in [0, 0.1) is 5.82 Å². The van der Waals surface area contributed by atoms with Crippen LogP contribution in [0.1, 0.15) is 20.4 Å². The number of benzene rings is 1. The van der Waals surface area contributed by atoms with Crippen LogP contribution in [0.5, 0.6) is 0 Å². The molecule has 0 radical (unpaired) electrons. The third kappa shape index (κ3) is 3.80. The highest BCUT2D eigenvalue weighted by Gasteiger charge is 2.22. The van der Waals surface area contributed by atoms with E-state index in [9.17, 15) is 18.8 Å². The molecule has 4 aromatic rings. The minimum Gasteiger partial charge on any atom is -0.312 e. The van der Waals surface area contributed by atoms with Gasteiger partial charge >= 0.3 is 5.69 Å². The van der Waals surface area contributed by atoms with Gasteiger partial charge in [-0.25, -0.2) is 14.2 Å². The molecule has 1 unspecified atom stereocenters. The summed E-state index contributed by atoms with van der Waals surface area (Å²) in [6.45, 7) is 1.60. The van der Waals surface area contributed by atoms with Gasteiger partial charge in [-0.2, -0.15) is 0 Å². The molecule has 0 aliphatic heterocycles. The zero-order valence-electron chi connectivity index (χ0n) is 16.9. The molecular weight excluding hydrogens is 417 g/mol. The predicted octanol–water partition coefficient (Wildman–Crippen LogP) is 1.87. The molecular formula is C21H22FN7O3. The lowest BCUT2D eigenvalue weighted by Gasteiger charge is -2.14. The summed E-state index contributed by atoms with van der Waals surface area (Å²) in [7, 11) is 2.87. The molecule has 1 N–H and O–H groups in total. The monoisotopic (exact) mass is 439 g/mol. The van der Waals surface area contributed by atoms with Crippen LogP contribution in [0.15, 0.2) is 52.3 Å². The highest BCUT2D eigenvalue weighted by molar-refractivity contribution is 5.93. The zero-order valence-corrected chi connectivity index (χ0v) is 16.9. The summed E-state index contributed by atoms with van der Waals surface area (Å²) in [5.74, 6) is -0.581. The van der Waals surface area contributed by atoms with Gasteiger partial charge in [0.15, 0.2) is 17.0 Å². The SMILES string of the molecule is C.CC(C(=O)Nc1ccc(-c2ccc(F)cc2)nn1)n1cnc2c1c(=O)n(C)c(=O)n2C. The van der Waals surface area contributed by atoms with Crippen molar-refractivity contribution in [2.45, 2.75) is 20.4 Å². The Morgan fingerprint density at radius 2 is 1.72 bits per heavy atom. The van der Waals surface area contributed by atoms with Crippen molar-refractivity contribution in [1.82, 2.24) is 28.9 Å². The van der Waals surface area contributed by atoms with Crippen molar-refractivity contribution in [2.75, 3.05) is 5.32 Å². The van der Waals surface area contributed by atoms with Gasteiger partial charge in [-0.05, 0) is 43.3 Å². The van der Waals surface area contributed by atoms with Crippen LogP contribution in [0.4, 0.5) is 10.2 Å². The highest BCUT2D eigenvalue weighted by atomic mass is 19.1. The normalized spacial score (nSPS) is 11.8. The molecule has 0 spiro atoms. The molecule has 3 heterocycles. The predicted molar refractivity (Wildman–Crippen MR) is 118 cm³/mol. The van der Waals surface area contributed by atoms with Gasteiger partial charge in [0, 0.05) is 19.7 Å². The Kier molecular flexibility index (Phi) is 6.01. The summed E-state index contributed by atoms with van der Waals surface area (Å²) in [5.41, 5.74) is 0.499. The van der Waals surface area contributed by atoms with E-state index in [0.29, 0.717) is 11.3 Å². The van der Waals surface area contributed by atoms with Crippen LogP contribution in [0.2, 0.25) is 0 Å². The maximum absolute atomic E-state index is 13.1. The molecule has 1 aromatic carbocycles. The molecule has 10 nitrogen and oxygen atoms in total. The van der Waals surface area contributed by atoms with Crippen molar-refractivity contribution < 1.29 is 9.18 Å². The van der Waals surface area contributed by atoms with E-state index in [1.165, 1.54) is 41.7 Å². The van der Waals surface area contributed by atoms with E-state index in [1.807, 2.05) is 0 Å². The number of nitrogens with one attached hydrogen (secondary N) is 1.